The summed E-state index contributed by atoms with van der Waals surface area (Å²) >= 11 is 0. The molecule has 18 heavy (non-hydrogen) atoms. The van der Waals surface area contributed by atoms with Crippen molar-refractivity contribution in [1.82, 2.24) is 10.6 Å². The highest BCUT2D eigenvalue weighted by atomic mass is 32.2. The standard InChI is InChI=1S/C10H20N2O5S/c1-3-17-8(6-9(13)14)7-12-10(15)11-4-5-18(2)16/h8H,3-7H2,1-2H3,(H,13,14)(H2,11,12,15). The molecule has 0 bridgehead atoms. The van der Waals surface area contributed by atoms with Gasteiger partial charge in [-0.1, -0.05) is 0 Å². The normalized spacial score (nSPS) is 13.7. The van der Waals surface area contributed by atoms with E-state index in [4.69, 9.17) is 9.84 Å². The number of hydrogen-bond donors (Lipinski definition) is 3. The lowest BCUT2D eigenvalue weighted by molar-refractivity contribution is -0.140. The number of hydrogen-bond acceptors (Lipinski definition) is 4. The van der Waals surface area contributed by atoms with Crippen molar-refractivity contribution in [1.29, 1.82) is 0 Å². The third-order valence-electron chi connectivity index (χ3n) is 1.97. The van der Waals surface area contributed by atoms with Gasteiger partial charge in [0.15, 0.2) is 0 Å². The van der Waals surface area contributed by atoms with Gasteiger partial charge in [-0.25, -0.2) is 4.79 Å². The molecule has 0 aliphatic carbocycles. The molecule has 0 saturated heterocycles. The number of carbonyl (C=O) groups is 2. The molecule has 2 unspecified atom stereocenters. The molecule has 3 N–H and O–H groups in total. The molecule has 106 valence electrons. The van der Waals surface area contributed by atoms with E-state index in [0.29, 0.717) is 18.9 Å². The quantitative estimate of drug-likeness (QED) is 0.530. The van der Waals surface area contributed by atoms with Gasteiger partial charge in [-0.3, -0.25) is 9.00 Å². The van der Waals surface area contributed by atoms with Crippen LogP contribution in [0, 0.1) is 0 Å². The molecule has 0 saturated carbocycles. The van der Waals surface area contributed by atoms with Crippen LogP contribution in [0.1, 0.15) is 13.3 Å². The molecule has 8 heteroatoms. The van der Waals surface area contributed by atoms with Crippen molar-refractivity contribution < 1.29 is 23.6 Å². The van der Waals surface area contributed by atoms with Crippen LogP contribution in [0.25, 0.3) is 0 Å². The van der Waals surface area contributed by atoms with Crippen LogP contribution < -0.4 is 10.6 Å². The third-order valence-corrected chi connectivity index (χ3v) is 2.75. The van der Waals surface area contributed by atoms with Crippen LogP contribution in [-0.2, 0) is 20.3 Å². The summed E-state index contributed by atoms with van der Waals surface area (Å²) in [5.41, 5.74) is 0. The molecule has 0 spiro atoms. The van der Waals surface area contributed by atoms with Gasteiger partial charge in [-0.2, -0.15) is 0 Å². The SMILES string of the molecule is CCOC(CNC(=O)NCCS(C)=O)CC(=O)O. The van der Waals surface area contributed by atoms with Crippen LogP contribution >= 0.6 is 0 Å². The molecule has 0 heterocycles. The van der Waals surface area contributed by atoms with Crippen LogP contribution in [0.15, 0.2) is 0 Å². The van der Waals surface area contributed by atoms with E-state index in [1.807, 2.05) is 0 Å². The lowest BCUT2D eigenvalue weighted by Gasteiger charge is -2.15. The van der Waals surface area contributed by atoms with Gasteiger partial charge in [0, 0.05) is 42.5 Å². The Morgan fingerprint density at radius 3 is 2.56 bits per heavy atom. The van der Waals surface area contributed by atoms with Gasteiger partial charge >= 0.3 is 12.0 Å². The molecule has 7 nitrogen and oxygen atoms in total. The minimum absolute atomic E-state index is 0.126. The van der Waals surface area contributed by atoms with E-state index in [9.17, 15) is 13.8 Å². The first-order valence-corrected chi connectivity index (χ1v) is 7.33. The Morgan fingerprint density at radius 1 is 1.39 bits per heavy atom. The average molecular weight is 280 g/mol. The molecule has 0 fully saturated rings. The molecular formula is C10H20N2O5S. The summed E-state index contributed by atoms with van der Waals surface area (Å²) < 4.78 is 15.9. The molecule has 0 radical (unpaired) electrons. The third kappa shape index (κ3) is 10.0. The molecule has 0 aromatic heterocycles. The number of aliphatic carboxylic acids is 1. The van der Waals surface area contributed by atoms with E-state index >= 15 is 0 Å². The van der Waals surface area contributed by atoms with Gasteiger partial charge in [-0.15, -0.1) is 0 Å². The van der Waals surface area contributed by atoms with Gasteiger partial charge in [0.2, 0.25) is 0 Å². The maximum Gasteiger partial charge on any atom is 0.314 e. The van der Waals surface area contributed by atoms with Gasteiger partial charge in [0.1, 0.15) is 0 Å². The lowest BCUT2D eigenvalue weighted by Crippen LogP contribution is -2.42. The van der Waals surface area contributed by atoms with Crippen LogP contribution in [0.5, 0.6) is 0 Å². The first-order chi connectivity index (χ1) is 8.45. The van der Waals surface area contributed by atoms with Gasteiger partial charge < -0.3 is 20.5 Å². The Balaban J connectivity index is 3.84. The number of carboxylic acids is 1. The predicted molar refractivity (Wildman–Crippen MR) is 68.0 cm³/mol. The zero-order valence-electron chi connectivity index (χ0n) is 10.6. The van der Waals surface area contributed by atoms with Crippen molar-refractivity contribution in [3.63, 3.8) is 0 Å². The fourth-order valence-corrected chi connectivity index (χ4v) is 1.59. The minimum Gasteiger partial charge on any atom is -0.481 e. The second-order valence-electron chi connectivity index (χ2n) is 3.59. The van der Waals surface area contributed by atoms with Crippen molar-refractivity contribution >= 4 is 22.8 Å². The summed E-state index contributed by atoms with van der Waals surface area (Å²) in [7, 11) is -0.950. The van der Waals surface area contributed by atoms with Crippen molar-refractivity contribution in [3.05, 3.63) is 0 Å². The van der Waals surface area contributed by atoms with Crippen molar-refractivity contribution in [3.8, 4) is 0 Å². The lowest BCUT2D eigenvalue weighted by atomic mass is 10.2. The summed E-state index contributed by atoms with van der Waals surface area (Å²) in [6, 6.07) is -0.421. The van der Waals surface area contributed by atoms with Crippen LogP contribution in [-0.4, -0.2) is 59.1 Å². The summed E-state index contributed by atoms with van der Waals surface area (Å²) in [5, 5.41) is 13.7. The molecule has 0 aromatic carbocycles. The maximum atomic E-state index is 11.3. The van der Waals surface area contributed by atoms with Crippen molar-refractivity contribution in [2.45, 2.75) is 19.4 Å². The van der Waals surface area contributed by atoms with Gasteiger partial charge in [0.05, 0.1) is 12.5 Å². The zero-order chi connectivity index (χ0) is 14.0. The van der Waals surface area contributed by atoms with Crippen molar-refractivity contribution in [2.24, 2.45) is 0 Å². The zero-order valence-corrected chi connectivity index (χ0v) is 11.4. The van der Waals surface area contributed by atoms with Gasteiger partial charge in [0.25, 0.3) is 0 Å². The fraction of sp³-hybridized carbons (Fsp3) is 0.800. The Morgan fingerprint density at radius 2 is 2.06 bits per heavy atom. The van der Waals surface area contributed by atoms with E-state index in [1.165, 1.54) is 0 Å². The Labute approximate surface area is 109 Å². The van der Waals surface area contributed by atoms with Gasteiger partial charge in [-0.05, 0) is 6.92 Å². The second-order valence-corrected chi connectivity index (χ2v) is 5.14. The van der Waals surface area contributed by atoms with E-state index in [1.54, 1.807) is 13.2 Å². The molecular weight excluding hydrogens is 260 g/mol. The first-order valence-electron chi connectivity index (χ1n) is 5.60. The summed E-state index contributed by atoms with van der Waals surface area (Å²) in [4.78, 5) is 21.8. The number of urea groups is 1. The Bertz CT molecular complexity index is 298. The highest BCUT2D eigenvalue weighted by Crippen LogP contribution is 1.97. The minimum atomic E-state index is -0.975. The van der Waals surface area contributed by atoms with E-state index in [2.05, 4.69) is 10.6 Å². The maximum absolute atomic E-state index is 11.3. The number of carboxylic acid groups (broad SMARTS) is 1. The summed E-state index contributed by atoms with van der Waals surface area (Å²) in [6.07, 6.45) is 0.851. The molecule has 0 rings (SSSR count). The number of rotatable bonds is 9. The van der Waals surface area contributed by atoms with E-state index in [0.717, 1.165) is 0 Å². The topological polar surface area (TPSA) is 105 Å². The molecule has 2 amide bonds. The first kappa shape index (κ1) is 16.9. The molecule has 0 aliphatic heterocycles. The number of amides is 2. The van der Waals surface area contributed by atoms with Crippen LogP contribution in [0.2, 0.25) is 0 Å². The highest BCUT2D eigenvalue weighted by Gasteiger charge is 2.14. The number of ether oxygens (including phenoxy) is 1. The summed E-state index contributed by atoms with van der Waals surface area (Å²) in [5.74, 6) is -0.589. The van der Waals surface area contributed by atoms with E-state index in [-0.39, 0.29) is 13.0 Å². The highest BCUT2D eigenvalue weighted by molar-refractivity contribution is 7.84. The smallest absolute Gasteiger partial charge is 0.314 e. The summed E-state index contributed by atoms with van der Waals surface area (Å²) in [6.45, 7) is 2.58. The molecule has 2 atom stereocenters. The van der Waals surface area contributed by atoms with Crippen molar-refractivity contribution in [2.75, 3.05) is 31.7 Å². The second kappa shape index (κ2) is 9.84. The Kier molecular flexibility index (Phi) is 9.21. The average Bonchev–Trinajstić information content (AvgIpc) is 2.25. The fourth-order valence-electron chi connectivity index (χ4n) is 1.20. The number of nitrogens with one attached hydrogen (secondary N) is 2. The number of carbonyl (C=O) groups excluding carboxylic acids is 1. The van der Waals surface area contributed by atoms with E-state index < -0.39 is 28.9 Å². The Hall–Kier alpha value is -1.15. The van der Waals surface area contributed by atoms with Crippen LogP contribution in [0.4, 0.5) is 4.79 Å². The molecule has 0 aliphatic rings. The largest absolute Gasteiger partial charge is 0.481 e. The van der Waals surface area contributed by atoms with Crippen LogP contribution in [0.3, 0.4) is 0 Å². The predicted octanol–water partition coefficient (Wildman–Crippen LogP) is -0.456. The monoisotopic (exact) mass is 280 g/mol. The molecule has 0 aromatic rings.